The van der Waals surface area contributed by atoms with Crippen molar-refractivity contribution < 1.29 is 24.4 Å². The van der Waals surface area contributed by atoms with Gasteiger partial charge in [0, 0.05) is 6.04 Å². The van der Waals surface area contributed by atoms with Crippen molar-refractivity contribution in [2.45, 2.75) is 76.3 Å². The van der Waals surface area contributed by atoms with Crippen LogP contribution in [0.2, 0.25) is 0 Å². The van der Waals surface area contributed by atoms with Crippen LogP contribution in [0.4, 0.5) is 5.82 Å². The third-order valence-corrected chi connectivity index (χ3v) is 5.98. The van der Waals surface area contributed by atoms with Gasteiger partial charge >= 0.3 is 0 Å². The molecule has 0 bridgehead atoms. The minimum Gasteiger partial charge on any atom is -0.382 e. The number of nitrogens with zero attached hydrogens (tertiary/aromatic N) is 4. The molecular formula is C19H30N5O5P. The summed E-state index contributed by atoms with van der Waals surface area (Å²) in [5.41, 5.74) is -0.557. The van der Waals surface area contributed by atoms with E-state index in [1.165, 1.54) is 12.8 Å². The summed E-state index contributed by atoms with van der Waals surface area (Å²) in [5, 5.41) is 19.4. The third-order valence-electron chi connectivity index (χ3n) is 5.57. The SMILES string of the molecule is CC(C)(O)c1nc(NC2CCCC2)c2cnn(C3CCC(COCP(O)O)O3)c2n1. The molecule has 11 heteroatoms. The predicted molar refractivity (Wildman–Crippen MR) is 112 cm³/mol. The number of aromatic nitrogens is 4. The molecule has 10 nitrogen and oxygen atoms in total. The van der Waals surface area contributed by atoms with Crippen LogP contribution < -0.4 is 5.32 Å². The normalized spacial score (nSPS) is 23.1. The van der Waals surface area contributed by atoms with Crippen molar-refractivity contribution in [2.24, 2.45) is 0 Å². The van der Waals surface area contributed by atoms with Crippen LogP contribution in [0.1, 0.15) is 64.4 Å². The van der Waals surface area contributed by atoms with Crippen molar-refractivity contribution in [3.05, 3.63) is 12.0 Å². The standard InChI is InChI=1S/C19H30N5O5P/c1-19(2,25)18-22-16(21-12-5-3-4-6-12)14-9-20-24(17(14)23-18)15-8-7-13(29-15)10-28-11-30(26)27/h9,12-13,15,25-27H,3-8,10-11H2,1-2H3,(H,21,22,23). The van der Waals surface area contributed by atoms with Crippen molar-refractivity contribution in [1.29, 1.82) is 0 Å². The van der Waals surface area contributed by atoms with Crippen LogP contribution in [0.15, 0.2) is 6.20 Å². The highest BCUT2D eigenvalue weighted by Crippen LogP contribution is 2.34. The van der Waals surface area contributed by atoms with Crippen molar-refractivity contribution in [3.63, 3.8) is 0 Å². The average molecular weight is 439 g/mol. The fourth-order valence-electron chi connectivity index (χ4n) is 4.04. The molecule has 0 aromatic carbocycles. The first kappa shape index (κ1) is 21.8. The van der Waals surface area contributed by atoms with E-state index in [-0.39, 0.29) is 18.7 Å². The van der Waals surface area contributed by atoms with Gasteiger partial charge < -0.3 is 29.7 Å². The van der Waals surface area contributed by atoms with Crippen LogP contribution in [0, 0.1) is 0 Å². The van der Waals surface area contributed by atoms with E-state index < -0.39 is 14.0 Å². The van der Waals surface area contributed by atoms with E-state index in [0.29, 0.717) is 29.9 Å². The van der Waals surface area contributed by atoms with Gasteiger partial charge in [0.15, 0.2) is 26.1 Å². The molecule has 4 N–H and O–H groups in total. The van der Waals surface area contributed by atoms with Crippen LogP contribution in [0.3, 0.4) is 0 Å². The Balaban J connectivity index is 1.58. The lowest BCUT2D eigenvalue weighted by atomic mass is 10.1. The van der Waals surface area contributed by atoms with Gasteiger partial charge in [-0.1, -0.05) is 12.8 Å². The summed E-state index contributed by atoms with van der Waals surface area (Å²) in [4.78, 5) is 27.2. The van der Waals surface area contributed by atoms with Gasteiger partial charge in [0.1, 0.15) is 17.8 Å². The maximum absolute atomic E-state index is 10.5. The number of hydrogen-bond donors (Lipinski definition) is 4. The molecule has 1 saturated carbocycles. The molecule has 0 radical (unpaired) electrons. The topological polar surface area (TPSA) is 135 Å². The molecule has 0 spiro atoms. The summed E-state index contributed by atoms with van der Waals surface area (Å²) in [5.74, 6) is 1.04. The number of rotatable bonds is 8. The summed E-state index contributed by atoms with van der Waals surface area (Å²) >= 11 is 0. The van der Waals surface area contributed by atoms with Crippen LogP contribution >= 0.6 is 8.38 Å². The van der Waals surface area contributed by atoms with Crippen LogP contribution in [-0.2, 0) is 15.1 Å². The zero-order valence-electron chi connectivity index (χ0n) is 17.4. The van der Waals surface area contributed by atoms with E-state index in [1.54, 1.807) is 24.7 Å². The van der Waals surface area contributed by atoms with Crippen LogP contribution in [0.25, 0.3) is 11.0 Å². The second-order valence-corrected chi connectivity index (χ2v) is 9.57. The number of hydrogen-bond acceptors (Lipinski definition) is 9. The smallest absolute Gasteiger partial charge is 0.192 e. The molecule has 2 aliphatic rings. The van der Waals surface area contributed by atoms with Gasteiger partial charge in [0.25, 0.3) is 0 Å². The van der Waals surface area contributed by atoms with Gasteiger partial charge in [0.2, 0.25) is 0 Å². The van der Waals surface area contributed by atoms with E-state index in [2.05, 4.69) is 20.4 Å². The van der Waals surface area contributed by atoms with Gasteiger partial charge in [-0.2, -0.15) is 5.10 Å². The average Bonchev–Trinajstić information content (AvgIpc) is 3.40. The lowest BCUT2D eigenvalue weighted by molar-refractivity contribution is -0.0385. The first-order valence-electron chi connectivity index (χ1n) is 10.4. The number of nitrogens with one attached hydrogen (secondary N) is 1. The Bertz CT molecular complexity index is 865. The van der Waals surface area contributed by atoms with Gasteiger partial charge in [-0.15, -0.1) is 0 Å². The fourth-order valence-corrected chi connectivity index (χ4v) is 4.31. The van der Waals surface area contributed by atoms with Gasteiger partial charge in [-0.25, -0.2) is 14.6 Å². The zero-order chi connectivity index (χ0) is 21.3. The summed E-state index contributed by atoms with van der Waals surface area (Å²) < 4.78 is 13.1. The second kappa shape index (κ2) is 8.98. The van der Waals surface area contributed by atoms with Gasteiger partial charge in [0.05, 0.1) is 24.3 Å². The Morgan fingerprint density at radius 2 is 2.00 bits per heavy atom. The molecule has 2 aromatic rings. The van der Waals surface area contributed by atoms with E-state index in [0.717, 1.165) is 31.1 Å². The molecule has 2 atom stereocenters. The maximum atomic E-state index is 10.5. The molecule has 3 heterocycles. The third kappa shape index (κ3) is 4.90. The molecule has 1 aliphatic heterocycles. The van der Waals surface area contributed by atoms with Crippen molar-refractivity contribution in [3.8, 4) is 0 Å². The zero-order valence-corrected chi connectivity index (χ0v) is 18.3. The number of anilines is 1. The highest BCUT2D eigenvalue weighted by Gasteiger charge is 2.31. The fraction of sp³-hybridized carbons (Fsp3) is 0.737. The molecular weight excluding hydrogens is 409 g/mol. The van der Waals surface area contributed by atoms with E-state index in [1.807, 2.05) is 0 Å². The van der Waals surface area contributed by atoms with Gasteiger partial charge in [-0.05, 0) is 39.5 Å². The summed E-state index contributed by atoms with van der Waals surface area (Å²) in [7, 11) is -2.06. The monoisotopic (exact) mass is 439 g/mol. The second-order valence-electron chi connectivity index (χ2n) is 8.57. The largest absolute Gasteiger partial charge is 0.382 e. The Morgan fingerprint density at radius 1 is 1.23 bits per heavy atom. The molecule has 1 aliphatic carbocycles. The van der Waals surface area contributed by atoms with Crippen molar-refractivity contribution >= 4 is 25.2 Å². The predicted octanol–water partition coefficient (Wildman–Crippen LogP) is 2.36. The summed E-state index contributed by atoms with van der Waals surface area (Å²) in [6.07, 6.45) is 7.36. The first-order chi connectivity index (χ1) is 14.3. The molecule has 166 valence electrons. The number of ether oxygens (including phenoxy) is 2. The van der Waals surface area contributed by atoms with E-state index >= 15 is 0 Å². The van der Waals surface area contributed by atoms with Crippen molar-refractivity contribution in [2.75, 3.05) is 18.3 Å². The highest BCUT2D eigenvalue weighted by molar-refractivity contribution is 7.44. The minimum absolute atomic E-state index is 0.0804. The molecule has 4 rings (SSSR count). The Hall–Kier alpha value is -1.42. The first-order valence-corrected chi connectivity index (χ1v) is 11.9. The molecule has 2 fully saturated rings. The highest BCUT2D eigenvalue weighted by atomic mass is 31.2. The Kier molecular flexibility index (Phi) is 6.53. The van der Waals surface area contributed by atoms with Crippen LogP contribution in [0.5, 0.6) is 0 Å². The molecule has 2 aromatic heterocycles. The number of aliphatic hydroxyl groups is 1. The summed E-state index contributed by atoms with van der Waals surface area (Å²) in [6.45, 7) is 3.64. The molecule has 2 unspecified atom stereocenters. The lowest BCUT2D eigenvalue weighted by Crippen LogP contribution is -2.23. The molecule has 30 heavy (non-hydrogen) atoms. The lowest BCUT2D eigenvalue weighted by Gasteiger charge is -2.20. The minimum atomic E-state index is -2.06. The molecule has 0 amide bonds. The number of fused-ring (bicyclic) bond motifs is 1. The Labute approximate surface area is 176 Å². The van der Waals surface area contributed by atoms with Gasteiger partial charge in [-0.3, -0.25) is 0 Å². The molecule has 1 saturated heterocycles. The van der Waals surface area contributed by atoms with Crippen LogP contribution in [-0.4, -0.2) is 59.7 Å². The quantitative estimate of drug-likeness (QED) is 0.457. The Morgan fingerprint density at radius 3 is 2.70 bits per heavy atom. The summed E-state index contributed by atoms with van der Waals surface area (Å²) in [6, 6.07) is 0.369. The maximum Gasteiger partial charge on any atom is 0.192 e. The van der Waals surface area contributed by atoms with E-state index in [4.69, 9.17) is 19.3 Å². The van der Waals surface area contributed by atoms with Crippen molar-refractivity contribution in [1.82, 2.24) is 19.7 Å². The van der Waals surface area contributed by atoms with E-state index in [9.17, 15) is 5.11 Å².